The molecule has 4 nitrogen and oxygen atoms in total. The second kappa shape index (κ2) is 7.30. The summed E-state index contributed by atoms with van der Waals surface area (Å²) in [6.07, 6.45) is 9.30. The smallest absolute Gasteiger partial charge is 0.0682 e. The molecule has 1 aromatic carbocycles. The van der Waals surface area contributed by atoms with Crippen LogP contribution < -0.4 is 0 Å². The van der Waals surface area contributed by atoms with Crippen molar-refractivity contribution in [3.05, 3.63) is 43.1 Å². The molecule has 2 fully saturated rings. The molecule has 134 valence electrons. The summed E-state index contributed by atoms with van der Waals surface area (Å²) in [7, 11) is 0. The van der Waals surface area contributed by atoms with Crippen LogP contribution in [0.25, 0.3) is 10.9 Å². The number of nitrogens with zero attached hydrogens (tertiary/aromatic N) is 3. The average molecular weight is 339 g/mol. The maximum Gasteiger partial charge on any atom is 0.0682 e. The van der Waals surface area contributed by atoms with Gasteiger partial charge in [0.25, 0.3) is 0 Å². The second-order valence-electron chi connectivity index (χ2n) is 7.79. The van der Waals surface area contributed by atoms with Gasteiger partial charge in [-0.2, -0.15) is 5.10 Å². The molecule has 0 radical (unpaired) electrons. The van der Waals surface area contributed by atoms with Crippen LogP contribution in [0.1, 0.15) is 32.6 Å². The summed E-state index contributed by atoms with van der Waals surface area (Å²) in [6, 6.07) is 9.88. The lowest BCUT2D eigenvalue weighted by Crippen LogP contribution is -2.47. The topological polar surface area (TPSA) is 30.3 Å². The van der Waals surface area contributed by atoms with Gasteiger partial charge in [0.1, 0.15) is 0 Å². The van der Waals surface area contributed by atoms with Crippen molar-refractivity contribution in [1.82, 2.24) is 14.7 Å². The molecule has 0 N–H and O–H groups in total. The van der Waals surface area contributed by atoms with Gasteiger partial charge in [0.2, 0.25) is 0 Å². The van der Waals surface area contributed by atoms with Gasteiger partial charge >= 0.3 is 0 Å². The van der Waals surface area contributed by atoms with E-state index < -0.39 is 0 Å². The summed E-state index contributed by atoms with van der Waals surface area (Å²) in [4.78, 5) is 2.75. The average Bonchev–Trinajstić information content (AvgIpc) is 3.11. The minimum Gasteiger partial charge on any atom is -0.374 e. The van der Waals surface area contributed by atoms with Crippen molar-refractivity contribution < 1.29 is 4.74 Å². The van der Waals surface area contributed by atoms with E-state index in [2.05, 4.69) is 52.4 Å². The second-order valence-corrected chi connectivity index (χ2v) is 7.79. The maximum atomic E-state index is 5.94. The zero-order chi connectivity index (χ0) is 17.2. The summed E-state index contributed by atoms with van der Waals surface area (Å²) in [5.41, 5.74) is 1.24. The molecule has 2 unspecified atom stereocenters. The van der Waals surface area contributed by atoms with E-state index in [1.165, 1.54) is 36.6 Å². The first-order chi connectivity index (χ1) is 12.2. The van der Waals surface area contributed by atoms with Crippen molar-refractivity contribution in [2.24, 2.45) is 5.92 Å². The highest BCUT2D eigenvalue weighted by Gasteiger charge is 2.41. The number of hydrogen-bond acceptors (Lipinski definition) is 3. The predicted molar refractivity (Wildman–Crippen MR) is 102 cm³/mol. The zero-order valence-corrected chi connectivity index (χ0v) is 15.2. The monoisotopic (exact) mass is 339 g/mol. The molecule has 0 spiro atoms. The number of aromatic nitrogens is 2. The van der Waals surface area contributed by atoms with Crippen molar-refractivity contribution >= 4 is 10.9 Å². The minimum absolute atomic E-state index is 0.428. The highest BCUT2D eigenvalue weighted by Crippen LogP contribution is 2.37. The molecule has 0 saturated carbocycles. The first-order valence-corrected chi connectivity index (χ1v) is 9.63. The van der Waals surface area contributed by atoms with Crippen LogP contribution in [0.4, 0.5) is 0 Å². The lowest BCUT2D eigenvalue weighted by molar-refractivity contribution is -0.0134. The van der Waals surface area contributed by atoms with Crippen molar-refractivity contribution in [1.29, 1.82) is 0 Å². The molecule has 3 heterocycles. The van der Waals surface area contributed by atoms with Gasteiger partial charge in [-0.05, 0) is 37.7 Å². The summed E-state index contributed by atoms with van der Waals surface area (Å²) >= 11 is 0. The first kappa shape index (κ1) is 16.8. The number of piperidine rings is 1. The van der Waals surface area contributed by atoms with Gasteiger partial charge < -0.3 is 4.74 Å². The predicted octanol–water partition coefficient (Wildman–Crippen LogP) is 3.87. The van der Waals surface area contributed by atoms with Crippen molar-refractivity contribution in [3.8, 4) is 0 Å². The lowest BCUT2D eigenvalue weighted by Gasteiger charge is -2.40. The van der Waals surface area contributed by atoms with Gasteiger partial charge in [-0.25, -0.2) is 0 Å². The number of ether oxygens (including phenoxy) is 1. The molecular weight excluding hydrogens is 310 g/mol. The summed E-state index contributed by atoms with van der Waals surface area (Å²) < 4.78 is 8.11. The Morgan fingerprint density at radius 1 is 1.24 bits per heavy atom. The fourth-order valence-electron chi connectivity index (χ4n) is 4.75. The minimum atomic E-state index is 0.428. The first-order valence-electron chi connectivity index (χ1n) is 9.63. The third-order valence-electron chi connectivity index (χ3n) is 5.85. The van der Waals surface area contributed by atoms with E-state index in [1.54, 1.807) is 0 Å². The number of fused-ring (bicyclic) bond motifs is 3. The molecule has 1 aromatic heterocycles. The van der Waals surface area contributed by atoms with Crippen LogP contribution in [0.2, 0.25) is 0 Å². The van der Waals surface area contributed by atoms with Gasteiger partial charge in [-0.15, -0.1) is 6.58 Å². The molecule has 2 saturated heterocycles. The van der Waals surface area contributed by atoms with Crippen LogP contribution in [-0.4, -0.2) is 46.0 Å². The Bertz CT molecular complexity index is 711. The molecule has 4 heteroatoms. The highest BCUT2D eigenvalue weighted by molar-refractivity contribution is 5.78. The molecule has 2 aromatic rings. The molecule has 4 rings (SSSR count). The molecule has 25 heavy (non-hydrogen) atoms. The van der Waals surface area contributed by atoms with E-state index in [-0.39, 0.29) is 0 Å². The molecule has 2 bridgehead atoms. The van der Waals surface area contributed by atoms with Gasteiger partial charge in [0, 0.05) is 30.6 Å². The third kappa shape index (κ3) is 3.51. The van der Waals surface area contributed by atoms with Crippen LogP contribution >= 0.6 is 0 Å². The summed E-state index contributed by atoms with van der Waals surface area (Å²) in [5.74, 6) is 0.594. The summed E-state index contributed by atoms with van der Waals surface area (Å²) in [5, 5.41) is 5.83. The lowest BCUT2D eigenvalue weighted by atomic mass is 9.98. The van der Waals surface area contributed by atoms with Crippen LogP contribution in [0.15, 0.2) is 43.1 Å². The molecule has 4 atom stereocenters. The van der Waals surface area contributed by atoms with Gasteiger partial charge in [-0.3, -0.25) is 9.58 Å². The van der Waals surface area contributed by atoms with Gasteiger partial charge in [0.05, 0.1) is 24.4 Å². The number of hydrogen-bond donors (Lipinski definition) is 0. The Balaban J connectivity index is 1.37. The number of rotatable bonds is 7. The van der Waals surface area contributed by atoms with E-state index in [0.29, 0.717) is 30.7 Å². The van der Waals surface area contributed by atoms with Gasteiger partial charge in [0.15, 0.2) is 0 Å². The Kier molecular flexibility index (Phi) is 4.91. The third-order valence-corrected chi connectivity index (χ3v) is 5.85. The van der Waals surface area contributed by atoms with Crippen LogP contribution in [0.5, 0.6) is 0 Å². The normalized spacial score (nSPS) is 27.6. The quantitative estimate of drug-likeness (QED) is 0.717. The number of benzene rings is 1. The van der Waals surface area contributed by atoms with Crippen molar-refractivity contribution in [2.75, 3.05) is 13.2 Å². The summed E-state index contributed by atoms with van der Waals surface area (Å²) in [6.45, 7) is 8.96. The Morgan fingerprint density at radius 3 is 2.76 bits per heavy atom. The molecule has 2 aliphatic rings. The molecule has 2 aliphatic heterocycles. The van der Waals surface area contributed by atoms with Crippen LogP contribution in [-0.2, 0) is 11.3 Å². The Hall–Kier alpha value is -1.65. The number of para-hydroxylation sites is 1. The van der Waals surface area contributed by atoms with E-state index in [4.69, 9.17) is 4.74 Å². The van der Waals surface area contributed by atoms with E-state index in [0.717, 1.165) is 13.1 Å². The molecule has 0 amide bonds. The fraction of sp³-hybridized carbons (Fsp3) is 0.571. The SMILES string of the molecule is C=CCOC1C[C@H]2CC[C@@H](C1)N2CC(C)Cn1ncc2ccccc21. The van der Waals surface area contributed by atoms with E-state index >= 15 is 0 Å². The van der Waals surface area contributed by atoms with Crippen LogP contribution in [0, 0.1) is 5.92 Å². The zero-order valence-electron chi connectivity index (χ0n) is 15.2. The highest BCUT2D eigenvalue weighted by atomic mass is 16.5. The molecular formula is C21H29N3O. The maximum absolute atomic E-state index is 5.94. The fourth-order valence-corrected chi connectivity index (χ4v) is 4.75. The van der Waals surface area contributed by atoms with E-state index in [9.17, 15) is 0 Å². The Morgan fingerprint density at radius 2 is 2.00 bits per heavy atom. The standard InChI is InChI=1S/C21H29N3O/c1-3-10-25-20-11-18-8-9-19(12-20)23(18)14-16(2)15-24-21-7-5-4-6-17(21)13-22-24/h3-7,13,16,18-20H,1,8-12,14-15H2,2H3/t16?,18-,19+,20?. The van der Waals surface area contributed by atoms with Crippen LogP contribution in [0.3, 0.4) is 0 Å². The van der Waals surface area contributed by atoms with Gasteiger partial charge in [-0.1, -0.05) is 31.2 Å². The van der Waals surface area contributed by atoms with E-state index in [1.807, 2.05) is 12.3 Å². The van der Waals surface area contributed by atoms with Crippen molar-refractivity contribution in [3.63, 3.8) is 0 Å². The largest absolute Gasteiger partial charge is 0.374 e. The Labute approximate surface area is 150 Å². The van der Waals surface area contributed by atoms with Crippen molar-refractivity contribution in [2.45, 2.75) is 57.3 Å². The molecule has 0 aliphatic carbocycles.